The van der Waals surface area contributed by atoms with Crippen LogP contribution in [0.3, 0.4) is 0 Å². The minimum Gasteiger partial charge on any atom is -0.494 e. The summed E-state index contributed by atoms with van der Waals surface area (Å²) in [5.74, 6) is -1.55. The van der Waals surface area contributed by atoms with E-state index in [0.29, 0.717) is 12.1 Å². The Morgan fingerprint density at radius 3 is 2.76 bits per heavy atom. The number of ether oxygens (including phenoxy) is 1. The molecule has 0 saturated carbocycles. The lowest BCUT2D eigenvalue weighted by molar-refractivity contribution is -0.139. The van der Waals surface area contributed by atoms with Gasteiger partial charge in [-0.3, -0.25) is 10.1 Å². The molecule has 1 unspecified atom stereocenters. The number of hydrogen-bond acceptors (Lipinski definition) is 3. The third-order valence-electron chi connectivity index (χ3n) is 3.16. The van der Waals surface area contributed by atoms with Crippen LogP contribution in [0.15, 0.2) is 36.7 Å². The standard InChI is InChI=1S/C15H17FN2O3/c1-18-6-5-10(9-18)8-17-14(15(19)20)11-3-4-13(21-2)12(16)7-11/h3-7,9,14,17H,8H2,1-2H3,(H,19,20). The van der Waals surface area contributed by atoms with Crippen LogP contribution < -0.4 is 10.1 Å². The summed E-state index contributed by atoms with van der Waals surface area (Å²) in [5.41, 5.74) is 1.30. The maximum absolute atomic E-state index is 13.7. The Balaban J connectivity index is 2.15. The largest absolute Gasteiger partial charge is 0.494 e. The van der Waals surface area contributed by atoms with E-state index in [1.54, 1.807) is 6.07 Å². The zero-order chi connectivity index (χ0) is 15.4. The first-order valence-electron chi connectivity index (χ1n) is 6.41. The molecular weight excluding hydrogens is 275 g/mol. The first-order chi connectivity index (χ1) is 10.0. The molecule has 0 fully saturated rings. The Morgan fingerprint density at radius 2 is 2.24 bits per heavy atom. The van der Waals surface area contributed by atoms with E-state index in [9.17, 15) is 14.3 Å². The summed E-state index contributed by atoms with van der Waals surface area (Å²) in [6.07, 6.45) is 3.76. The maximum Gasteiger partial charge on any atom is 0.325 e. The highest BCUT2D eigenvalue weighted by molar-refractivity contribution is 5.75. The maximum atomic E-state index is 13.7. The lowest BCUT2D eigenvalue weighted by Crippen LogP contribution is -2.28. The van der Waals surface area contributed by atoms with Crippen molar-refractivity contribution in [2.24, 2.45) is 7.05 Å². The summed E-state index contributed by atoms with van der Waals surface area (Å²) in [6.45, 7) is 0.380. The van der Waals surface area contributed by atoms with E-state index >= 15 is 0 Å². The van der Waals surface area contributed by atoms with E-state index in [1.165, 1.54) is 19.2 Å². The van der Waals surface area contributed by atoms with Gasteiger partial charge in [0.15, 0.2) is 11.6 Å². The number of rotatable bonds is 6. The van der Waals surface area contributed by atoms with Crippen molar-refractivity contribution in [3.63, 3.8) is 0 Å². The Kier molecular flexibility index (Phi) is 4.59. The van der Waals surface area contributed by atoms with Crippen LogP contribution in [-0.2, 0) is 18.4 Å². The fraction of sp³-hybridized carbons (Fsp3) is 0.267. The van der Waals surface area contributed by atoms with Crippen molar-refractivity contribution < 1.29 is 19.0 Å². The number of nitrogens with zero attached hydrogens (tertiary/aromatic N) is 1. The molecule has 5 nitrogen and oxygen atoms in total. The van der Waals surface area contributed by atoms with Gasteiger partial charge in [0, 0.05) is 26.0 Å². The number of aromatic nitrogens is 1. The molecule has 0 aliphatic rings. The molecule has 1 heterocycles. The summed E-state index contributed by atoms with van der Waals surface area (Å²) in [4.78, 5) is 11.4. The SMILES string of the molecule is COc1ccc(C(NCc2ccn(C)c2)C(=O)O)cc1F. The molecule has 6 heteroatoms. The second kappa shape index (κ2) is 6.41. The van der Waals surface area contributed by atoms with Crippen LogP contribution in [0.1, 0.15) is 17.2 Å². The van der Waals surface area contributed by atoms with E-state index in [4.69, 9.17) is 4.74 Å². The average molecular weight is 292 g/mol. The summed E-state index contributed by atoms with van der Waals surface area (Å²) in [5, 5.41) is 12.2. The summed E-state index contributed by atoms with van der Waals surface area (Å²) in [7, 11) is 3.25. The molecule has 2 N–H and O–H groups in total. The molecule has 1 aromatic heterocycles. The zero-order valence-corrected chi connectivity index (χ0v) is 11.8. The van der Waals surface area contributed by atoms with Crippen LogP contribution in [0.2, 0.25) is 0 Å². The van der Waals surface area contributed by atoms with Gasteiger partial charge in [0.05, 0.1) is 7.11 Å². The first kappa shape index (κ1) is 15.1. The van der Waals surface area contributed by atoms with Crippen molar-refractivity contribution >= 4 is 5.97 Å². The molecule has 0 radical (unpaired) electrons. The lowest BCUT2D eigenvalue weighted by Gasteiger charge is -2.15. The fourth-order valence-corrected chi connectivity index (χ4v) is 2.10. The van der Waals surface area contributed by atoms with Crippen LogP contribution in [0.25, 0.3) is 0 Å². The Morgan fingerprint density at radius 1 is 1.48 bits per heavy atom. The van der Waals surface area contributed by atoms with E-state index in [2.05, 4.69) is 5.32 Å². The van der Waals surface area contributed by atoms with Crippen molar-refractivity contribution in [3.05, 3.63) is 53.6 Å². The normalized spacial score (nSPS) is 12.1. The minimum absolute atomic E-state index is 0.0888. The van der Waals surface area contributed by atoms with Gasteiger partial charge < -0.3 is 14.4 Å². The summed E-state index contributed by atoms with van der Waals surface area (Å²) < 4.78 is 20.4. The smallest absolute Gasteiger partial charge is 0.325 e. The fourth-order valence-electron chi connectivity index (χ4n) is 2.10. The second-order valence-corrected chi connectivity index (χ2v) is 4.73. The van der Waals surface area contributed by atoms with Gasteiger partial charge >= 0.3 is 5.97 Å². The highest BCUT2D eigenvalue weighted by Crippen LogP contribution is 2.22. The van der Waals surface area contributed by atoms with Crippen molar-refractivity contribution in [2.45, 2.75) is 12.6 Å². The average Bonchev–Trinajstić information content (AvgIpc) is 2.84. The Bertz CT molecular complexity index is 640. The zero-order valence-electron chi connectivity index (χ0n) is 11.8. The number of carboxylic acid groups (broad SMARTS) is 1. The Labute approximate surface area is 122 Å². The molecule has 1 atom stereocenters. The molecule has 112 valence electrons. The number of aryl methyl sites for hydroxylation is 1. The molecule has 0 aliphatic heterocycles. The van der Waals surface area contributed by atoms with Crippen LogP contribution in [0, 0.1) is 5.82 Å². The highest BCUT2D eigenvalue weighted by atomic mass is 19.1. The van der Waals surface area contributed by atoms with Gasteiger partial charge in [-0.15, -0.1) is 0 Å². The van der Waals surface area contributed by atoms with E-state index in [1.807, 2.05) is 30.1 Å². The number of hydrogen-bond donors (Lipinski definition) is 2. The van der Waals surface area contributed by atoms with Gasteiger partial charge in [0.2, 0.25) is 0 Å². The van der Waals surface area contributed by atoms with Crippen LogP contribution in [0.4, 0.5) is 4.39 Å². The predicted octanol–water partition coefficient (Wildman–Crippen LogP) is 2.09. The molecule has 0 saturated heterocycles. The molecule has 0 amide bonds. The van der Waals surface area contributed by atoms with Gasteiger partial charge in [-0.2, -0.15) is 0 Å². The van der Waals surface area contributed by atoms with Gasteiger partial charge in [0.1, 0.15) is 6.04 Å². The van der Waals surface area contributed by atoms with Gasteiger partial charge in [-0.1, -0.05) is 6.07 Å². The van der Waals surface area contributed by atoms with Gasteiger partial charge in [-0.25, -0.2) is 4.39 Å². The molecule has 0 bridgehead atoms. The first-order valence-corrected chi connectivity index (χ1v) is 6.41. The van der Waals surface area contributed by atoms with Crippen LogP contribution in [-0.4, -0.2) is 22.8 Å². The summed E-state index contributed by atoms with van der Waals surface area (Å²) >= 11 is 0. The summed E-state index contributed by atoms with van der Waals surface area (Å²) in [6, 6.07) is 5.05. The van der Waals surface area contributed by atoms with Crippen LogP contribution in [0.5, 0.6) is 5.75 Å². The van der Waals surface area contributed by atoms with E-state index in [0.717, 1.165) is 5.56 Å². The third-order valence-corrected chi connectivity index (χ3v) is 3.16. The lowest BCUT2D eigenvalue weighted by atomic mass is 10.1. The van der Waals surface area contributed by atoms with Gasteiger partial charge in [0.25, 0.3) is 0 Å². The second-order valence-electron chi connectivity index (χ2n) is 4.73. The molecule has 2 aromatic rings. The van der Waals surface area contributed by atoms with Crippen molar-refractivity contribution in [3.8, 4) is 5.75 Å². The van der Waals surface area contributed by atoms with Crippen molar-refractivity contribution in [2.75, 3.05) is 7.11 Å². The number of benzene rings is 1. The number of nitrogens with one attached hydrogen (secondary N) is 1. The highest BCUT2D eigenvalue weighted by Gasteiger charge is 2.20. The monoisotopic (exact) mass is 292 g/mol. The molecule has 1 aromatic carbocycles. The third kappa shape index (κ3) is 3.61. The topological polar surface area (TPSA) is 63.5 Å². The number of halogens is 1. The quantitative estimate of drug-likeness (QED) is 0.855. The number of carboxylic acids is 1. The van der Waals surface area contributed by atoms with Gasteiger partial charge in [-0.05, 0) is 29.3 Å². The molecule has 0 spiro atoms. The molecular formula is C15H17FN2O3. The number of methoxy groups -OCH3 is 1. The molecule has 21 heavy (non-hydrogen) atoms. The number of aliphatic carboxylic acids is 1. The molecule has 0 aliphatic carbocycles. The van der Waals surface area contributed by atoms with E-state index < -0.39 is 17.8 Å². The van der Waals surface area contributed by atoms with Crippen molar-refractivity contribution in [1.29, 1.82) is 0 Å². The predicted molar refractivity (Wildman–Crippen MR) is 75.6 cm³/mol. The van der Waals surface area contributed by atoms with E-state index in [-0.39, 0.29) is 5.75 Å². The van der Waals surface area contributed by atoms with Crippen LogP contribution >= 0.6 is 0 Å². The Hall–Kier alpha value is -2.34. The number of carbonyl (C=O) groups is 1. The minimum atomic E-state index is -1.06. The molecule has 2 rings (SSSR count). The van der Waals surface area contributed by atoms with Crippen molar-refractivity contribution in [1.82, 2.24) is 9.88 Å².